The normalized spacial score (nSPS) is 11.7. The fraction of sp³-hybridized carbons (Fsp3) is 0.148. The summed E-state index contributed by atoms with van der Waals surface area (Å²) < 4.78 is 39.7. The molecule has 0 heterocycles. The maximum atomic E-state index is 13.3. The third-order valence-corrected chi connectivity index (χ3v) is 7.29. The molecule has 4 rings (SSSR count). The lowest BCUT2D eigenvalue weighted by atomic mass is 10.0. The van der Waals surface area contributed by atoms with Gasteiger partial charge in [-0.25, -0.2) is 0 Å². The molecule has 0 saturated heterocycles. The van der Waals surface area contributed by atoms with Gasteiger partial charge in [0.05, 0.1) is 22.9 Å². The zero-order valence-corrected chi connectivity index (χ0v) is 23.1. The first kappa shape index (κ1) is 28.3. The summed E-state index contributed by atoms with van der Waals surface area (Å²) in [6.45, 7) is 3.85. The van der Waals surface area contributed by atoms with Gasteiger partial charge in [0.2, 0.25) is 0 Å². The molecule has 9 nitrogen and oxygen atoms in total. The third kappa shape index (κ3) is 5.99. The lowest BCUT2D eigenvalue weighted by molar-refractivity contribution is 0.102. The largest absolute Gasteiger partial charge is 0.505 e. The van der Waals surface area contributed by atoms with Crippen molar-refractivity contribution >= 4 is 67.1 Å². The number of phenolic OH excluding ortho intramolecular Hbond substituents is 1. The number of nitrogens with one attached hydrogen (secondary N) is 1. The predicted octanol–water partition coefficient (Wildman–Crippen LogP) is 7.73. The van der Waals surface area contributed by atoms with Crippen LogP contribution < -0.4 is 10.1 Å². The molecule has 0 atom stereocenters. The first-order valence-corrected chi connectivity index (χ1v) is 13.9. The van der Waals surface area contributed by atoms with Gasteiger partial charge in [-0.2, -0.15) is 8.42 Å². The first-order valence-electron chi connectivity index (χ1n) is 11.7. The maximum Gasteiger partial charge on any atom is 0.297 e. The summed E-state index contributed by atoms with van der Waals surface area (Å²) in [5.74, 6) is -0.799. The molecule has 0 unspecified atom stereocenters. The number of fused-ring (bicyclic) bond motifs is 1. The number of hydrogen-bond acceptors (Lipinski definition) is 7. The highest BCUT2D eigenvalue weighted by Gasteiger charge is 2.24. The summed E-state index contributed by atoms with van der Waals surface area (Å²) in [5.41, 5.74) is 0.0509. The molecule has 0 saturated carbocycles. The molecule has 1 amide bonds. The number of nitrogens with zero attached hydrogens (tertiary/aromatic N) is 2. The van der Waals surface area contributed by atoms with Crippen LogP contribution in [0.15, 0.2) is 75.8 Å². The molecule has 12 heteroatoms. The van der Waals surface area contributed by atoms with Gasteiger partial charge in [-0.3, -0.25) is 9.35 Å². The smallest absolute Gasteiger partial charge is 0.297 e. The van der Waals surface area contributed by atoms with Crippen LogP contribution in [0.5, 0.6) is 11.5 Å². The molecule has 0 fully saturated rings. The fourth-order valence-corrected chi connectivity index (χ4v) is 5.37. The van der Waals surface area contributed by atoms with Crippen molar-refractivity contribution in [3.63, 3.8) is 0 Å². The summed E-state index contributed by atoms with van der Waals surface area (Å²) in [5, 5.41) is 23.3. The molecule has 202 valence electrons. The van der Waals surface area contributed by atoms with E-state index in [-0.39, 0.29) is 33.9 Å². The summed E-state index contributed by atoms with van der Waals surface area (Å²) >= 11 is 12.3. The zero-order valence-electron chi connectivity index (χ0n) is 20.8. The highest BCUT2D eigenvalue weighted by Crippen LogP contribution is 2.42. The predicted molar refractivity (Wildman–Crippen MR) is 151 cm³/mol. The van der Waals surface area contributed by atoms with Crippen molar-refractivity contribution in [1.82, 2.24) is 0 Å². The summed E-state index contributed by atoms with van der Waals surface area (Å²) in [4.78, 5) is 12.8. The number of rotatable bonds is 8. The lowest BCUT2D eigenvalue weighted by Gasteiger charge is -2.14. The minimum absolute atomic E-state index is 0.0781. The van der Waals surface area contributed by atoms with E-state index in [0.717, 1.165) is 0 Å². The molecular weight excluding hydrogens is 565 g/mol. The van der Waals surface area contributed by atoms with Crippen molar-refractivity contribution in [1.29, 1.82) is 0 Å². The van der Waals surface area contributed by atoms with Crippen LogP contribution in [-0.2, 0) is 16.5 Å². The van der Waals surface area contributed by atoms with Gasteiger partial charge in [-0.15, -0.1) is 10.2 Å². The Kier molecular flexibility index (Phi) is 8.41. The number of phenols is 1. The Morgan fingerprint density at radius 1 is 1.00 bits per heavy atom. The number of anilines is 1. The van der Waals surface area contributed by atoms with Crippen LogP contribution in [0.4, 0.5) is 17.1 Å². The van der Waals surface area contributed by atoms with Crippen LogP contribution in [0.2, 0.25) is 10.0 Å². The zero-order chi connectivity index (χ0) is 28.3. The number of hydrogen-bond donors (Lipinski definition) is 3. The van der Waals surface area contributed by atoms with Crippen LogP contribution in [0.25, 0.3) is 10.8 Å². The van der Waals surface area contributed by atoms with E-state index in [1.54, 1.807) is 50.2 Å². The molecule has 0 aromatic heterocycles. The average molecular weight is 588 g/mol. The van der Waals surface area contributed by atoms with Gasteiger partial charge in [0, 0.05) is 10.4 Å². The minimum Gasteiger partial charge on any atom is -0.505 e. The van der Waals surface area contributed by atoms with E-state index >= 15 is 0 Å². The Morgan fingerprint density at radius 2 is 1.72 bits per heavy atom. The molecule has 4 aromatic rings. The van der Waals surface area contributed by atoms with Crippen LogP contribution >= 0.6 is 23.2 Å². The number of carbonyl (C=O) groups excluding carboxylic acids is 1. The topological polar surface area (TPSA) is 138 Å². The fourth-order valence-electron chi connectivity index (χ4n) is 4.01. The number of amides is 1. The van der Waals surface area contributed by atoms with Crippen molar-refractivity contribution in [3.05, 3.63) is 81.8 Å². The van der Waals surface area contributed by atoms with Crippen LogP contribution in [0.1, 0.15) is 29.8 Å². The van der Waals surface area contributed by atoms with Gasteiger partial charge in [0.15, 0.2) is 5.75 Å². The molecule has 0 bridgehead atoms. The molecule has 3 N–H and O–H groups in total. The van der Waals surface area contributed by atoms with Gasteiger partial charge < -0.3 is 15.2 Å². The van der Waals surface area contributed by atoms with Gasteiger partial charge in [-0.05, 0) is 54.6 Å². The van der Waals surface area contributed by atoms with Crippen molar-refractivity contribution in [2.75, 3.05) is 11.9 Å². The number of azo groups is 1. The van der Waals surface area contributed by atoms with E-state index in [1.165, 1.54) is 24.3 Å². The quantitative estimate of drug-likeness (QED) is 0.142. The molecule has 0 aliphatic rings. The first-order chi connectivity index (χ1) is 18.5. The van der Waals surface area contributed by atoms with E-state index in [0.29, 0.717) is 33.8 Å². The van der Waals surface area contributed by atoms with Gasteiger partial charge in [0.1, 0.15) is 22.0 Å². The molecule has 0 aliphatic heterocycles. The van der Waals surface area contributed by atoms with E-state index in [4.69, 9.17) is 27.9 Å². The SMILES string of the molecule is CCOc1ccc(Cl)cc1NC(=O)c1cc2ccccc2c(N=Nc2c(Cl)ccc(CC)c2S(=O)(=O)O)c1O. The highest BCUT2D eigenvalue weighted by atomic mass is 35.5. The number of aromatic hydroxyl groups is 1. The van der Waals surface area contributed by atoms with Crippen molar-refractivity contribution in [2.24, 2.45) is 10.2 Å². The highest BCUT2D eigenvalue weighted by molar-refractivity contribution is 7.86. The average Bonchev–Trinajstić information content (AvgIpc) is 2.89. The minimum atomic E-state index is -4.71. The molecule has 39 heavy (non-hydrogen) atoms. The number of benzene rings is 4. The Hall–Kier alpha value is -3.70. The van der Waals surface area contributed by atoms with Crippen LogP contribution in [0, 0.1) is 0 Å². The number of carbonyl (C=O) groups is 1. The van der Waals surface area contributed by atoms with Crippen molar-refractivity contribution in [3.8, 4) is 11.5 Å². The molecular formula is C27H23Cl2N3O6S. The van der Waals surface area contributed by atoms with Gasteiger partial charge in [0.25, 0.3) is 16.0 Å². The Balaban J connectivity index is 1.86. The monoisotopic (exact) mass is 587 g/mol. The number of aryl methyl sites for hydroxylation is 1. The third-order valence-electron chi connectivity index (χ3n) is 5.78. The number of ether oxygens (including phenoxy) is 1. The Morgan fingerprint density at radius 3 is 2.41 bits per heavy atom. The van der Waals surface area contributed by atoms with E-state index in [1.807, 2.05) is 0 Å². The van der Waals surface area contributed by atoms with Gasteiger partial charge in [-0.1, -0.05) is 60.5 Å². The Labute approximate surface area is 234 Å². The summed E-state index contributed by atoms with van der Waals surface area (Å²) in [6.07, 6.45) is 0.270. The van der Waals surface area contributed by atoms with Crippen molar-refractivity contribution < 1.29 is 27.6 Å². The lowest BCUT2D eigenvalue weighted by Crippen LogP contribution is -2.13. The second kappa shape index (κ2) is 11.6. The summed E-state index contributed by atoms with van der Waals surface area (Å²) in [7, 11) is -4.71. The van der Waals surface area contributed by atoms with E-state index < -0.39 is 26.7 Å². The standard InChI is InChI=1S/C27H23Cl2N3O6S/c1-3-15-9-11-20(29)24(26(15)39(35,36)37)32-31-23-18-8-6-5-7-16(18)13-19(25(23)33)27(34)30-21-14-17(28)10-12-22(21)38-4-2/h5-14,33H,3-4H2,1-2H3,(H,30,34)(H,35,36,37). The summed E-state index contributed by atoms with van der Waals surface area (Å²) in [6, 6.07) is 15.9. The van der Waals surface area contributed by atoms with Crippen molar-refractivity contribution in [2.45, 2.75) is 25.2 Å². The van der Waals surface area contributed by atoms with E-state index in [2.05, 4.69) is 15.5 Å². The molecule has 0 radical (unpaired) electrons. The Bertz CT molecular complexity index is 1720. The number of halogens is 2. The van der Waals surface area contributed by atoms with Gasteiger partial charge >= 0.3 is 0 Å². The molecule has 0 aliphatic carbocycles. The second-order valence-corrected chi connectivity index (χ2v) is 10.5. The van der Waals surface area contributed by atoms with E-state index in [9.17, 15) is 22.9 Å². The van der Waals surface area contributed by atoms with Crippen LogP contribution in [0.3, 0.4) is 0 Å². The van der Waals surface area contributed by atoms with Crippen LogP contribution in [-0.4, -0.2) is 30.6 Å². The second-order valence-electron chi connectivity index (χ2n) is 8.28. The molecule has 4 aromatic carbocycles. The molecule has 0 spiro atoms. The maximum absolute atomic E-state index is 13.3.